The number of nitrogens with zero attached hydrogens (tertiary/aromatic N) is 3. The first kappa shape index (κ1) is 12.3. The Kier molecular flexibility index (Phi) is 3.04. The minimum atomic E-state index is -0.130. The summed E-state index contributed by atoms with van der Waals surface area (Å²) in [6, 6.07) is 3.60. The van der Waals surface area contributed by atoms with E-state index in [9.17, 15) is 0 Å². The number of fused-ring (bicyclic) bond motifs is 1. The second-order valence-corrected chi connectivity index (χ2v) is 4.85. The molecule has 0 aliphatic carbocycles. The lowest BCUT2D eigenvalue weighted by atomic mass is 10.2. The van der Waals surface area contributed by atoms with E-state index in [1.165, 1.54) is 0 Å². The number of hydrogen-bond acceptors (Lipinski definition) is 5. The van der Waals surface area contributed by atoms with Gasteiger partial charge in [0.25, 0.3) is 0 Å². The molecule has 1 unspecified atom stereocenters. The molecule has 7 heteroatoms. The fourth-order valence-corrected chi connectivity index (χ4v) is 2.19. The maximum atomic E-state index is 6.13. The first-order chi connectivity index (χ1) is 9.13. The van der Waals surface area contributed by atoms with E-state index >= 15 is 0 Å². The molecule has 0 fully saturated rings. The second kappa shape index (κ2) is 4.71. The first-order valence-electron chi connectivity index (χ1n) is 5.87. The van der Waals surface area contributed by atoms with Crippen molar-refractivity contribution in [2.75, 3.05) is 6.79 Å². The Balaban J connectivity index is 1.85. The van der Waals surface area contributed by atoms with Crippen molar-refractivity contribution in [3.63, 3.8) is 0 Å². The predicted octanol–water partition coefficient (Wildman–Crippen LogP) is 1.73. The van der Waals surface area contributed by atoms with Gasteiger partial charge in [-0.3, -0.25) is 0 Å². The van der Waals surface area contributed by atoms with Crippen LogP contribution in [0.15, 0.2) is 18.3 Å². The van der Waals surface area contributed by atoms with E-state index in [1.807, 2.05) is 25.3 Å². The van der Waals surface area contributed by atoms with Gasteiger partial charge in [-0.25, -0.2) is 4.68 Å². The van der Waals surface area contributed by atoms with E-state index in [4.69, 9.17) is 26.8 Å². The van der Waals surface area contributed by atoms with Crippen LogP contribution in [0.2, 0.25) is 5.02 Å². The van der Waals surface area contributed by atoms with Gasteiger partial charge in [0.1, 0.15) is 0 Å². The van der Waals surface area contributed by atoms with E-state index in [-0.39, 0.29) is 12.8 Å². The Morgan fingerprint density at radius 2 is 2.32 bits per heavy atom. The second-order valence-electron chi connectivity index (χ2n) is 4.44. The van der Waals surface area contributed by atoms with Crippen LogP contribution in [0, 0.1) is 0 Å². The van der Waals surface area contributed by atoms with Crippen LogP contribution in [0.4, 0.5) is 0 Å². The van der Waals surface area contributed by atoms with Gasteiger partial charge >= 0.3 is 0 Å². The standard InChI is InChI=1S/C12H13ClN4O2/c1-7(14)10-5-17(16-15-10)4-8-2-9(13)12-11(3-8)18-6-19-12/h2-3,5,7H,4,6,14H2,1H3. The molecule has 1 aliphatic heterocycles. The van der Waals surface area contributed by atoms with Crippen molar-refractivity contribution < 1.29 is 9.47 Å². The van der Waals surface area contributed by atoms with Gasteiger partial charge in [0, 0.05) is 6.04 Å². The van der Waals surface area contributed by atoms with E-state index in [1.54, 1.807) is 4.68 Å². The molecule has 2 heterocycles. The van der Waals surface area contributed by atoms with E-state index in [0.717, 1.165) is 11.3 Å². The molecule has 1 aliphatic rings. The number of rotatable bonds is 3. The lowest BCUT2D eigenvalue weighted by Crippen LogP contribution is -2.05. The zero-order chi connectivity index (χ0) is 13.4. The fourth-order valence-electron chi connectivity index (χ4n) is 1.90. The molecule has 0 radical (unpaired) electrons. The molecular weight excluding hydrogens is 268 g/mol. The maximum Gasteiger partial charge on any atom is 0.231 e. The molecular formula is C12H13ClN4O2. The Labute approximate surface area is 115 Å². The van der Waals surface area contributed by atoms with Crippen molar-refractivity contribution in [1.82, 2.24) is 15.0 Å². The highest BCUT2D eigenvalue weighted by atomic mass is 35.5. The zero-order valence-electron chi connectivity index (χ0n) is 10.3. The summed E-state index contributed by atoms with van der Waals surface area (Å²) in [5.41, 5.74) is 7.47. The van der Waals surface area contributed by atoms with Gasteiger partial charge in [-0.15, -0.1) is 5.10 Å². The highest BCUT2D eigenvalue weighted by Gasteiger charge is 2.18. The Hall–Kier alpha value is -1.79. The Morgan fingerprint density at radius 1 is 1.47 bits per heavy atom. The van der Waals surface area contributed by atoms with Crippen molar-refractivity contribution in [3.05, 3.63) is 34.6 Å². The summed E-state index contributed by atoms with van der Waals surface area (Å²) >= 11 is 6.13. The molecule has 0 bridgehead atoms. The number of ether oxygens (including phenoxy) is 2. The molecule has 0 amide bonds. The third kappa shape index (κ3) is 2.36. The van der Waals surface area contributed by atoms with Crippen LogP contribution in [0.1, 0.15) is 24.2 Å². The number of aromatic nitrogens is 3. The molecule has 3 rings (SSSR count). The zero-order valence-corrected chi connectivity index (χ0v) is 11.1. The Morgan fingerprint density at radius 3 is 3.05 bits per heavy atom. The van der Waals surface area contributed by atoms with Gasteiger partial charge in [0.2, 0.25) is 6.79 Å². The molecule has 1 aromatic heterocycles. The summed E-state index contributed by atoms with van der Waals surface area (Å²) < 4.78 is 12.3. The molecule has 0 saturated heterocycles. The number of hydrogen-bond donors (Lipinski definition) is 1. The van der Waals surface area contributed by atoms with Gasteiger partial charge in [-0.1, -0.05) is 16.8 Å². The average Bonchev–Trinajstić information content (AvgIpc) is 2.97. The lowest BCUT2D eigenvalue weighted by molar-refractivity contribution is 0.174. The molecule has 1 aromatic carbocycles. The van der Waals surface area contributed by atoms with Crippen LogP contribution in [0.5, 0.6) is 11.5 Å². The van der Waals surface area contributed by atoms with Crippen molar-refractivity contribution in [2.45, 2.75) is 19.5 Å². The maximum absolute atomic E-state index is 6.13. The van der Waals surface area contributed by atoms with Crippen molar-refractivity contribution in [3.8, 4) is 11.5 Å². The van der Waals surface area contributed by atoms with Crippen LogP contribution >= 0.6 is 11.6 Å². The third-order valence-corrected chi connectivity index (χ3v) is 3.14. The molecule has 6 nitrogen and oxygen atoms in total. The molecule has 2 N–H and O–H groups in total. The predicted molar refractivity (Wildman–Crippen MR) is 69.3 cm³/mol. The summed E-state index contributed by atoms with van der Waals surface area (Å²) in [5.74, 6) is 1.26. The molecule has 100 valence electrons. The van der Waals surface area contributed by atoms with Gasteiger partial charge in [-0.05, 0) is 24.6 Å². The summed E-state index contributed by atoms with van der Waals surface area (Å²) in [7, 11) is 0. The van der Waals surface area contributed by atoms with Gasteiger partial charge < -0.3 is 15.2 Å². The summed E-state index contributed by atoms with van der Waals surface area (Å²) in [4.78, 5) is 0. The number of nitrogens with two attached hydrogens (primary N) is 1. The monoisotopic (exact) mass is 280 g/mol. The van der Waals surface area contributed by atoms with Crippen LogP contribution in [0.3, 0.4) is 0 Å². The number of halogens is 1. The SMILES string of the molecule is CC(N)c1cn(Cc2cc(Cl)c3c(c2)OCO3)nn1. The topological polar surface area (TPSA) is 75.2 Å². The largest absolute Gasteiger partial charge is 0.454 e. The highest BCUT2D eigenvalue weighted by Crippen LogP contribution is 2.39. The lowest BCUT2D eigenvalue weighted by Gasteiger charge is -2.05. The van der Waals surface area contributed by atoms with E-state index < -0.39 is 0 Å². The van der Waals surface area contributed by atoms with Gasteiger partial charge in [0.15, 0.2) is 11.5 Å². The molecule has 0 spiro atoms. The van der Waals surface area contributed by atoms with Gasteiger partial charge in [0.05, 0.1) is 23.5 Å². The van der Waals surface area contributed by atoms with Crippen LogP contribution < -0.4 is 15.2 Å². The average molecular weight is 281 g/mol. The summed E-state index contributed by atoms with van der Waals surface area (Å²) in [6.07, 6.45) is 1.82. The highest BCUT2D eigenvalue weighted by molar-refractivity contribution is 6.32. The van der Waals surface area contributed by atoms with Crippen molar-refractivity contribution in [2.24, 2.45) is 5.73 Å². The summed E-state index contributed by atoms with van der Waals surface area (Å²) in [6.45, 7) is 2.62. The molecule has 2 aromatic rings. The third-order valence-electron chi connectivity index (χ3n) is 2.85. The number of benzene rings is 1. The summed E-state index contributed by atoms with van der Waals surface area (Å²) in [5, 5.41) is 8.57. The Bertz CT molecular complexity index is 612. The van der Waals surface area contributed by atoms with Crippen LogP contribution in [-0.2, 0) is 6.54 Å². The van der Waals surface area contributed by atoms with Crippen molar-refractivity contribution >= 4 is 11.6 Å². The fraction of sp³-hybridized carbons (Fsp3) is 0.333. The minimum Gasteiger partial charge on any atom is -0.454 e. The van der Waals surface area contributed by atoms with E-state index in [0.29, 0.717) is 23.1 Å². The molecule has 0 saturated carbocycles. The quantitative estimate of drug-likeness (QED) is 0.927. The molecule has 1 atom stereocenters. The van der Waals surface area contributed by atoms with Crippen molar-refractivity contribution in [1.29, 1.82) is 0 Å². The minimum absolute atomic E-state index is 0.130. The molecule has 19 heavy (non-hydrogen) atoms. The first-order valence-corrected chi connectivity index (χ1v) is 6.25. The van der Waals surface area contributed by atoms with Crippen LogP contribution in [0.25, 0.3) is 0 Å². The van der Waals surface area contributed by atoms with Gasteiger partial charge in [-0.2, -0.15) is 0 Å². The normalized spacial score (nSPS) is 14.7. The smallest absolute Gasteiger partial charge is 0.231 e. The van der Waals surface area contributed by atoms with E-state index in [2.05, 4.69) is 10.3 Å². The van der Waals surface area contributed by atoms with Crippen LogP contribution in [-0.4, -0.2) is 21.8 Å².